The van der Waals surface area contributed by atoms with Gasteiger partial charge < -0.3 is 0 Å². The zero-order chi connectivity index (χ0) is 11.8. The molecule has 0 saturated carbocycles. The molecule has 0 heterocycles. The van der Waals surface area contributed by atoms with Gasteiger partial charge in [0, 0.05) is 0 Å². The van der Waals surface area contributed by atoms with Gasteiger partial charge in [0.2, 0.25) is 0 Å². The van der Waals surface area contributed by atoms with Crippen molar-refractivity contribution in [3.8, 4) is 0 Å². The normalized spacial score (nSPS) is 13.0. The lowest BCUT2D eigenvalue weighted by atomic mass is 9.94. The average molecular weight is 217 g/mol. The molecule has 1 atom stereocenters. The molecule has 0 nitrogen and oxygen atoms in total. The summed E-state index contributed by atoms with van der Waals surface area (Å²) in [5, 5.41) is 0. The van der Waals surface area contributed by atoms with Crippen molar-refractivity contribution in [2.75, 3.05) is 0 Å². The molecular formula is C16H25. The molecule has 0 aliphatic carbocycles. The summed E-state index contributed by atoms with van der Waals surface area (Å²) in [4.78, 5) is 0. The van der Waals surface area contributed by atoms with Gasteiger partial charge in [-0.05, 0) is 36.3 Å². The molecule has 0 fully saturated rings. The fourth-order valence-corrected chi connectivity index (χ4v) is 2.02. The number of hydrogen-bond donors (Lipinski definition) is 0. The molecule has 89 valence electrons. The van der Waals surface area contributed by atoms with Crippen molar-refractivity contribution < 1.29 is 0 Å². The molecule has 1 radical (unpaired) electrons. The molecule has 16 heavy (non-hydrogen) atoms. The SMILES string of the molecule is CC(C)CCCC(C)CCc1c[c]ccc1. The Kier molecular flexibility index (Phi) is 6.22. The highest BCUT2D eigenvalue weighted by molar-refractivity contribution is 5.13. The van der Waals surface area contributed by atoms with Gasteiger partial charge in [0.25, 0.3) is 0 Å². The first-order valence-electron chi connectivity index (χ1n) is 6.63. The van der Waals surface area contributed by atoms with E-state index in [4.69, 9.17) is 0 Å². The van der Waals surface area contributed by atoms with E-state index in [-0.39, 0.29) is 0 Å². The summed E-state index contributed by atoms with van der Waals surface area (Å²) in [6, 6.07) is 11.5. The molecule has 0 saturated heterocycles. The van der Waals surface area contributed by atoms with Crippen molar-refractivity contribution in [2.45, 2.75) is 52.9 Å². The fraction of sp³-hybridized carbons (Fsp3) is 0.625. The lowest BCUT2D eigenvalue weighted by Gasteiger charge is -2.12. The van der Waals surface area contributed by atoms with Crippen molar-refractivity contribution >= 4 is 0 Å². The molecule has 0 spiro atoms. The van der Waals surface area contributed by atoms with Crippen LogP contribution in [0.25, 0.3) is 0 Å². The highest BCUT2D eigenvalue weighted by atomic mass is 14.1. The summed E-state index contributed by atoms with van der Waals surface area (Å²) in [5.74, 6) is 1.72. The maximum absolute atomic E-state index is 3.14. The predicted octanol–water partition coefficient (Wildman–Crippen LogP) is 4.88. The third-order valence-electron chi connectivity index (χ3n) is 3.18. The van der Waals surface area contributed by atoms with Crippen molar-refractivity contribution in [1.29, 1.82) is 0 Å². The molecule has 1 unspecified atom stereocenters. The molecule has 1 aromatic carbocycles. The Morgan fingerprint density at radius 2 is 1.94 bits per heavy atom. The minimum Gasteiger partial charge on any atom is -0.0628 e. The molecule has 0 amide bonds. The van der Waals surface area contributed by atoms with Crippen molar-refractivity contribution in [2.24, 2.45) is 11.8 Å². The van der Waals surface area contributed by atoms with E-state index in [9.17, 15) is 0 Å². The van der Waals surface area contributed by atoms with E-state index in [0.717, 1.165) is 11.8 Å². The van der Waals surface area contributed by atoms with Crippen LogP contribution in [0.3, 0.4) is 0 Å². The zero-order valence-electron chi connectivity index (χ0n) is 11.0. The summed E-state index contributed by atoms with van der Waals surface area (Å²) in [7, 11) is 0. The smallest absolute Gasteiger partial charge is 0.0181 e. The minimum absolute atomic E-state index is 0.857. The number of aryl methyl sites for hydroxylation is 1. The largest absolute Gasteiger partial charge is 0.0628 e. The summed E-state index contributed by atoms with van der Waals surface area (Å²) in [5.41, 5.74) is 1.43. The van der Waals surface area contributed by atoms with Gasteiger partial charge in [0.15, 0.2) is 0 Å². The summed E-state index contributed by atoms with van der Waals surface area (Å²) in [6.07, 6.45) is 6.67. The second-order valence-corrected chi connectivity index (χ2v) is 5.38. The third-order valence-corrected chi connectivity index (χ3v) is 3.18. The monoisotopic (exact) mass is 217 g/mol. The van der Waals surface area contributed by atoms with Crippen LogP contribution in [0.5, 0.6) is 0 Å². The maximum Gasteiger partial charge on any atom is -0.0181 e. The maximum atomic E-state index is 3.14. The topological polar surface area (TPSA) is 0 Å². The second kappa shape index (κ2) is 7.49. The van der Waals surface area contributed by atoms with Crippen LogP contribution < -0.4 is 0 Å². The van der Waals surface area contributed by atoms with E-state index in [1.165, 1.54) is 37.7 Å². The minimum atomic E-state index is 0.857. The van der Waals surface area contributed by atoms with Crippen LogP contribution in [0.2, 0.25) is 0 Å². The zero-order valence-corrected chi connectivity index (χ0v) is 11.0. The van der Waals surface area contributed by atoms with Crippen LogP contribution in [0.15, 0.2) is 24.3 Å². The van der Waals surface area contributed by atoms with E-state index in [1.54, 1.807) is 0 Å². The molecule has 0 N–H and O–H groups in total. The summed E-state index contributed by atoms with van der Waals surface area (Å²) in [6.45, 7) is 7.00. The van der Waals surface area contributed by atoms with Gasteiger partial charge in [0.05, 0.1) is 0 Å². The van der Waals surface area contributed by atoms with Gasteiger partial charge in [-0.15, -0.1) is 0 Å². The third kappa shape index (κ3) is 5.95. The van der Waals surface area contributed by atoms with Gasteiger partial charge in [0.1, 0.15) is 0 Å². The van der Waals surface area contributed by atoms with Crippen molar-refractivity contribution in [3.05, 3.63) is 35.9 Å². The second-order valence-electron chi connectivity index (χ2n) is 5.38. The molecule has 0 heteroatoms. The van der Waals surface area contributed by atoms with Crippen LogP contribution in [0.4, 0.5) is 0 Å². The molecule has 0 aliphatic heterocycles. The Bertz CT molecular complexity index is 261. The number of hydrogen-bond acceptors (Lipinski definition) is 0. The molecule has 1 rings (SSSR count). The van der Waals surface area contributed by atoms with Crippen LogP contribution in [-0.4, -0.2) is 0 Å². The molecule has 0 aromatic heterocycles. The van der Waals surface area contributed by atoms with Crippen LogP contribution >= 0.6 is 0 Å². The highest BCUT2D eigenvalue weighted by Gasteiger charge is 2.03. The average Bonchev–Trinajstić information content (AvgIpc) is 2.27. The standard InChI is InChI=1S/C16H25/c1-14(2)8-7-9-15(3)12-13-16-10-5-4-6-11-16/h4-5,10-11,14-15H,7-9,12-13H2,1-3H3. The van der Waals surface area contributed by atoms with Crippen LogP contribution in [-0.2, 0) is 6.42 Å². The molecular weight excluding hydrogens is 192 g/mol. The van der Waals surface area contributed by atoms with E-state index < -0.39 is 0 Å². The van der Waals surface area contributed by atoms with E-state index in [2.05, 4.69) is 45.0 Å². The quantitative estimate of drug-likeness (QED) is 0.610. The Hall–Kier alpha value is -0.780. The van der Waals surface area contributed by atoms with Crippen LogP contribution in [0.1, 0.15) is 52.0 Å². The molecule has 1 aromatic rings. The van der Waals surface area contributed by atoms with Crippen LogP contribution in [0, 0.1) is 17.9 Å². The predicted molar refractivity (Wildman–Crippen MR) is 71.5 cm³/mol. The summed E-state index contributed by atoms with van der Waals surface area (Å²) >= 11 is 0. The molecule has 0 aliphatic rings. The Labute approximate surface area is 101 Å². The van der Waals surface area contributed by atoms with Gasteiger partial charge >= 0.3 is 0 Å². The lowest BCUT2D eigenvalue weighted by Crippen LogP contribution is -1.99. The first-order chi connectivity index (χ1) is 7.68. The van der Waals surface area contributed by atoms with E-state index in [1.807, 2.05) is 6.07 Å². The van der Waals surface area contributed by atoms with E-state index in [0.29, 0.717) is 0 Å². The van der Waals surface area contributed by atoms with E-state index >= 15 is 0 Å². The summed E-state index contributed by atoms with van der Waals surface area (Å²) < 4.78 is 0. The highest BCUT2D eigenvalue weighted by Crippen LogP contribution is 2.17. The number of rotatable bonds is 7. The Balaban J connectivity index is 2.13. The fourth-order valence-electron chi connectivity index (χ4n) is 2.02. The Morgan fingerprint density at radius 3 is 2.56 bits per heavy atom. The van der Waals surface area contributed by atoms with Gasteiger partial charge in [-0.1, -0.05) is 64.3 Å². The first kappa shape index (κ1) is 13.3. The van der Waals surface area contributed by atoms with Gasteiger partial charge in [-0.25, -0.2) is 0 Å². The first-order valence-corrected chi connectivity index (χ1v) is 6.63. The number of benzene rings is 1. The van der Waals surface area contributed by atoms with Gasteiger partial charge in [-0.3, -0.25) is 0 Å². The van der Waals surface area contributed by atoms with Gasteiger partial charge in [-0.2, -0.15) is 0 Å². The molecule has 0 bridgehead atoms. The Morgan fingerprint density at radius 1 is 1.12 bits per heavy atom. The lowest BCUT2D eigenvalue weighted by molar-refractivity contribution is 0.437. The van der Waals surface area contributed by atoms with Crippen molar-refractivity contribution in [1.82, 2.24) is 0 Å². The van der Waals surface area contributed by atoms with Crippen molar-refractivity contribution in [3.63, 3.8) is 0 Å².